The fraction of sp³-hybridized carbons (Fsp3) is 0.500. The minimum absolute atomic E-state index is 0.0262. The molecule has 3 heterocycles. The van der Waals surface area contributed by atoms with Gasteiger partial charge in [-0.15, -0.1) is 0 Å². The second-order valence-electron chi connectivity index (χ2n) is 5.85. The Morgan fingerprint density at radius 1 is 1.52 bits per heavy atom. The zero-order valence-electron chi connectivity index (χ0n) is 13.5. The van der Waals surface area contributed by atoms with Gasteiger partial charge in [-0.05, 0) is 24.1 Å². The highest BCUT2D eigenvalue weighted by molar-refractivity contribution is 5.75. The molecule has 2 aromatic heterocycles. The molecular formula is C16H22N4O3. The Kier molecular flexibility index (Phi) is 4.78. The van der Waals surface area contributed by atoms with E-state index in [-0.39, 0.29) is 18.6 Å². The molecule has 0 saturated heterocycles. The Morgan fingerprint density at radius 3 is 3.13 bits per heavy atom. The van der Waals surface area contributed by atoms with Crippen molar-refractivity contribution in [1.82, 2.24) is 20.0 Å². The number of fused-ring (bicyclic) bond motifs is 1. The third kappa shape index (κ3) is 3.80. The van der Waals surface area contributed by atoms with Crippen molar-refractivity contribution >= 4 is 5.91 Å². The molecule has 0 fully saturated rings. The summed E-state index contributed by atoms with van der Waals surface area (Å²) in [5, 5.41) is 7.87. The van der Waals surface area contributed by atoms with Gasteiger partial charge in [-0.1, -0.05) is 0 Å². The summed E-state index contributed by atoms with van der Waals surface area (Å²) in [4.78, 5) is 13.4. The summed E-state index contributed by atoms with van der Waals surface area (Å²) in [6.07, 6.45) is 4.36. The number of hydrogen-bond donors (Lipinski definition) is 1. The number of aromatic nitrogens is 2. The van der Waals surface area contributed by atoms with E-state index < -0.39 is 0 Å². The SMILES string of the molecule is CN(C)C(=O)Cn1cc2c(n1)[C@@H](CNCc1ccco1)OCC2. The standard InChI is InChI=1S/C16H22N4O3/c1-19(2)15(21)11-20-10-12-5-7-23-14(16(12)18-20)9-17-8-13-4-3-6-22-13/h3-4,6,10,14,17H,5,7-9,11H2,1-2H3/t14-/m1/s1. The summed E-state index contributed by atoms with van der Waals surface area (Å²) in [6, 6.07) is 3.80. The predicted octanol–water partition coefficient (Wildman–Crippen LogP) is 0.968. The van der Waals surface area contributed by atoms with Crippen LogP contribution in [0.3, 0.4) is 0 Å². The Morgan fingerprint density at radius 2 is 2.39 bits per heavy atom. The predicted molar refractivity (Wildman–Crippen MR) is 83.7 cm³/mol. The third-order valence-electron chi connectivity index (χ3n) is 3.87. The van der Waals surface area contributed by atoms with E-state index in [1.165, 1.54) is 0 Å². The molecule has 0 saturated carbocycles. The second-order valence-corrected chi connectivity index (χ2v) is 5.85. The van der Waals surface area contributed by atoms with Crippen LogP contribution in [0.4, 0.5) is 0 Å². The van der Waals surface area contributed by atoms with Crippen LogP contribution in [0.2, 0.25) is 0 Å². The normalized spacial score (nSPS) is 17.0. The van der Waals surface area contributed by atoms with Gasteiger partial charge in [0, 0.05) is 26.8 Å². The van der Waals surface area contributed by atoms with Crippen molar-refractivity contribution in [3.63, 3.8) is 0 Å². The number of carbonyl (C=O) groups is 1. The van der Waals surface area contributed by atoms with Gasteiger partial charge >= 0.3 is 0 Å². The first kappa shape index (κ1) is 15.8. The summed E-state index contributed by atoms with van der Waals surface area (Å²) in [5.41, 5.74) is 2.09. The van der Waals surface area contributed by atoms with Crippen LogP contribution in [0.15, 0.2) is 29.0 Å². The van der Waals surface area contributed by atoms with Gasteiger partial charge in [-0.25, -0.2) is 0 Å². The molecule has 0 aliphatic carbocycles. The minimum Gasteiger partial charge on any atom is -0.468 e. The number of rotatable bonds is 6. The molecule has 23 heavy (non-hydrogen) atoms. The zero-order chi connectivity index (χ0) is 16.2. The molecule has 1 aliphatic heterocycles. The molecule has 124 valence electrons. The summed E-state index contributed by atoms with van der Waals surface area (Å²) < 4.78 is 12.8. The quantitative estimate of drug-likeness (QED) is 0.859. The molecule has 2 aromatic rings. The maximum Gasteiger partial charge on any atom is 0.243 e. The molecule has 0 radical (unpaired) electrons. The van der Waals surface area contributed by atoms with E-state index in [4.69, 9.17) is 9.15 Å². The van der Waals surface area contributed by atoms with E-state index in [9.17, 15) is 4.79 Å². The highest BCUT2D eigenvalue weighted by Gasteiger charge is 2.25. The Balaban J connectivity index is 1.62. The van der Waals surface area contributed by atoms with Crippen molar-refractivity contribution in [3.8, 4) is 0 Å². The molecule has 0 unspecified atom stereocenters. The molecule has 1 aliphatic rings. The van der Waals surface area contributed by atoms with E-state index in [1.807, 2.05) is 18.3 Å². The molecule has 0 bridgehead atoms. The molecule has 1 amide bonds. The van der Waals surface area contributed by atoms with E-state index in [2.05, 4.69) is 10.4 Å². The molecule has 0 aromatic carbocycles. The fourth-order valence-corrected chi connectivity index (χ4v) is 2.59. The monoisotopic (exact) mass is 318 g/mol. The minimum atomic E-state index is -0.0931. The molecule has 7 nitrogen and oxygen atoms in total. The summed E-state index contributed by atoms with van der Waals surface area (Å²) in [6.45, 7) is 2.24. The first-order valence-corrected chi connectivity index (χ1v) is 7.74. The Labute approximate surface area is 135 Å². The van der Waals surface area contributed by atoms with E-state index in [0.29, 0.717) is 19.7 Å². The maximum absolute atomic E-state index is 11.8. The van der Waals surface area contributed by atoms with Crippen LogP contribution < -0.4 is 5.32 Å². The lowest BCUT2D eigenvalue weighted by atomic mass is 10.1. The lowest BCUT2D eigenvalue weighted by Crippen LogP contribution is -2.28. The molecule has 1 atom stereocenters. The van der Waals surface area contributed by atoms with Gasteiger partial charge < -0.3 is 19.4 Å². The van der Waals surface area contributed by atoms with Gasteiger partial charge in [0.05, 0.1) is 25.1 Å². The number of nitrogens with zero attached hydrogens (tertiary/aromatic N) is 3. The van der Waals surface area contributed by atoms with Gasteiger partial charge in [-0.2, -0.15) is 5.10 Å². The van der Waals surface area contributed by atoms with E-state index >= 15 is 0 Å². The largest absolute Gasteiger partial charge is 0.468 e. The van der Waals surface area contributed by atoms with Gasteiger partial charge in [0.1, 0.15) is 18.4 Å². The molecule has 3 rings (SSSR count). The van der Waals surface area contributed by atoms with Crippen LogP contribution >= 0.6 is 0 Å². The van der Waals surface area contributed by atoms with Crippen molar-refractivity contribution in [2.45, 2.75) is 25.6 Å². The fourth-order valence-electron chi connectivity index (χ4n) is 2.59. The van der Waals surface area contributed by atoms with Gasteiger partial charge in [0.15, 0.2) is 0 Å². The third-order valence-corrected chi connectivity index (χ3v) is 3.87. The lowest BCUT2D eigenvalue weighted by Gasteiger charge is -2.22. The highest BCUT2D eigenvalue weighted by atomic mass is 16.5. The topological polar surface area (TPSA) is 72.5 Å². The Bertz CT molecular complexity index is 648. The van der Waals surface area contributed by atoms with Gasteiger partial charge in [0.25, 0.3) is 0 Å². The number of ether oxygens (including phenoxy) is 1. The van der Waals surface area contributed by atoms with Crippen molar-refractivity contribution < 1.29 is 13.9 Å². The lowest BCUT2D eigenvalue weighted by molar-refractivity contribution is -0.129. The highest BCUT2D eigenvalue weighted by Crippen LogP contribution is 2.25. The van der Waals surface area contributed by atoms with E-state index in [1.54, 1.807) is 29.9 Å². The summed E-state index contributed by atoms with van der Waals surface area (Å²) >= 11 is 0. The maximum atomic E-state index is 11.8. The average Bonchev–Trinajstić information content (AvgIpc) is 3.16. The number of likely N-dealkylation sites (N-methyl/N-ethyl adjacent to an activating group) is 1. The van der Waals surface area contributed by atoms with Crippen LogP contribution in [0.1, 0.15) is 23.1 Å². The zero-order valence-corrected chi connectivity index (χ0v) is 13.5. The van der Waals surface area contributed by atoms with Crippen LogP contribution in [-0.2, 0) is 29.0 Å². The smallest absolute Gasteiger partial charge is 0.243 e. The average molecular weight is 318 g/mol. The number of hydrogen-bond acceptors (Lipinski definition) is 5. The van der Waals surface area contributed by atoms with Crippen molar-refractivity contribution in [2.24, 2.45) is 0 Å². The van der Waals surface area contributed by atoms with Crippen LogP contribution in [-0.4, -0.2) is 47.8 Å². The summed E-state index contributed by atoms with van der Waals surface area (Å²) in [5.74, 6) is 0.918. The summed E-state index contributed by atoms with van der Waals surface area (Å²) in [7, 11) is 3.49. The van der Waals surface area contributed by atoms with Crippen LogP contribution in [0.5, 0.6) is 0 Å². The van der Waals surface area contributed by atoms with Crippen molar-refractivity contribution in [2.75, 3.05) is 27.2 Å². The number of carbonyl (C=O) groups excluding carboxylic acids is 1. The van der Waals surface area contributed by atoms with Crippen molar-refractivity contribution in [3.05, 3.63) is 41.6 Å². The first-order valence-electron chi connectivity index (χ1n) is 7.74. The number of amides is 1. The molecule has 1 N–H and O–H groups in total. The van der Waals surface area contributed by atoms with Crippen LogP contribution in [0.25, 0.3) is 0 Å². The number of furan rings is 1. The molecule has 7 heteroatoms. The first-order chi connectivity index (χ1) is 11.1. The van der Waals surface area contributed by atoms with Gasteiger partial charge in [0.2, 0.25) is 5.91 Å². The molecule has 0 spiro atoms. The van der Waals surface area contributed by atoms with E-state index in [0.717, 1.165) is 23.4 Å². The molecular weight excluding hydrogens is 296 g/mol. The number of nitrogens with one attached hydrogen (secondary N) is 1. The van der Waals surface area contributed by atoms with Crippen molar-refractivity contribution in [1.29, 1.82) is 0 Å². The second kappa shape index (κ2) is 6.97. The Hall–Kier alpha value is -2.12. The van der Waals surface area contributed by atoms with Gasteiger partial charge in [-0.3, -0.25) is 9.48 Å². The van der Waals surface area contributed by atoms with Crippen LogP contribution in [0, 0.1) is 0 Å².